The molecule has 0 aromatic carbocycles. The van der Waals surface area contributed by atoms with Crippen molar-refractivity contribution in [1.29, 1.82) is 0 Å². The number of hydrogen-bond donors (Lipinski definition) is 3. The quantitative estimate of drug-likeness (QED) is 0.468. The van der Waals surface area contributed by atoms with Gasteiger partial charge in [-0.25, -0.2) is 0 Å². The highest BCUT2D eigenvalue weighted by molar-refractivity contribution is 5.74. The Balaban J connectivity index is 2.50. The number of hydrogen-bond acceptors (Lipinski definition) is 3. The fourth-order valence-corrected chi connectivity index (χ4v) is 1.24. The first-order valence-electron chi connectivity index (χ1n) is 3.32. The first-order valence-corrected chi connectivity index (χ1v) is 3.32. The third kappa shape index (κ3) is 1.27. The van der Waals surface area contributed by atoms with Crippen molar-refractivity contribution in [2.75, 3.05) is 13.2 Å². The summed E-state index contributed by atoms with van der Waals surface area (Å²) in [5.74, 6) is -0.964. The van der Waals surface area contributed by atoms with Crippen molar-refractivity contribution in [3.05, 3.63) is 0 Å². The standard InChI is InChI=1S/C6H11NO3/c8-3-4-1-2-7-5(4)6(9)10/h4-5,7-8H,1-3H2,(H,9,10). The van der Waals surface area contributed by atoms with E-state index in [0.29, 0.717) is 6.54 Å². The van der Waals surface area contributed by atoms with E-state index in [2.05, 4.69) is 5.32 Å². The van der Waals surface area contributed by atoms with Gasteiger partial charge < -0.3 is 15.5 Å². The van der Waals surface area contributed by atoms with Crippen LogP contribution in [0.3, 0.4) is 0 Å². The van der Waals surface area contributed by atoms with Gasteiger partial charge in [0, 0.05) is 12.5 Å². The minimum Gasteiger partial charge on any atom is -0.480 e. The van der Waals surface area contributed by atoms with Crippen LogP contribution in [0.15, 0.2) is 0 Å². The molecule has 1 aliphatic rings. The third-order valence-electron chi connectivity index (χ3n) is 1.85. The number of nitrogens with one attached hydrogen (secondary N) is 1. The SMILES string of the molecule is O=C(O)C1NCCC1CO. The number of carboxylic acid groups (broad SMARTS) is 1. The van der Waals surface area contributed by atoms with Crippen molar-refractivity contribution in [1.82, 2.24) is 5.32 Å². The molecule has 0 spiro atoms. The summed E-state index contributed by atoms with van der Waals surface area (Å²) in [4.78, 5) is 10.4. The van der Waals surface area contributed by atoms with Gasteiger partial charge in [0.1, 0.15) is 6.04 Å². The van der Waals surface area contributed by atoms with E-state index in [-0.39, 0.29) is 12.5 Å². The summed E-state index contributed by atoms with van der Waals surface area (Å²) >= 11 is 0. The van der Waals surface area contributed by atoms with Crippen LogP contribution in [0, 0.1) is 5.92 Å². The minimum absolute atomic E-state index is 0.0377. The zero-order valence-corrected chi connectivity index (χ0v) is 5.58. The molecule has 1 fully saturated rings. The number of aliphatic carboxylic acids is 1. The van der Waals surface area contributed by atoms with E-state index in [4.69, 9.17) is 10.2 Å². The van der Waals surface area contributed by atoms with Gasteiger partial charge in [0.15, 0.2) is 0 Å². The normalized spacial score (nSPS) is 32.5. The van der Waals surface area contributed by atoms with Gasteiger partial charge in [0.2, 0.25) is 0 Å². The Kier molecular flexibility index (Phi) is 2.24. The van der Waals surface area contributed by atoms with Gasteiger partial charge in [-0.15, -0.1) is 0 Å². The van der Waals surface area contributed by atoms with Crippen molar-refractivity contribution in [2.24, 2.45) is 5.92 Å². The largest absolute Gasteiger partial charge is 0.480 e. The highest BCUT2D eigenvalue weighted by atomic mass is 16.4. The Bertz CT molecular complexity index is 137. The number of aliphatic hydroxyl groups is 1. The number of rotatable bonds is 2. The first kappa shape index (κ1) is 7.50. The average molecular weight is 145 g/mol. The molecular formula is C6H11NO3. The lowest BCUT2D eigenvalue weighted by Gasteiger charge is -2.10. The molecule has 2 unspecified atom stereocenters. The molecule has 0 aliphatic carbocycles. The molecule has 1 rings (SSSR count). The van der Waals surface area contributed by atoms with E-state index in [9.17, 15) is 4.79 Å². The molecule has 10 heavy (non-hydrogen) atoms. The molecule has 0 bridgehead atoms. The molecule has 58 valence electrons. The van der Waals surface area contributed by atoms with Crippen LogP contribution in [0.5, 0.6) is 0 Å². The van der Waals surface area contributed by atoms with E-state index >= 15 is 0 Å². The third-order valence-corrected chi connectivity index (χ3v) is 1.85. The molecular weight excluding hydrogens is 134 g/mol. The van der Waals surface area contributed by atoms with Crippen LogP contribution < -0.4 is 5.32 Å². The second kappa shape index (κ2) is 2.98. The van der Waals surface area contributed by atoms with Crippen LogP contribution in [0.1, 0.15) is 6.42 Å². The Hall–Kier alpha value is -0.610. The Morgan fingerprint density at radius 1 is 1.70 bits per heavy atom. The van der Waals surface area contributed by atoms with Crippen LogP contribution in [0.2, 0.25) is 0 Å². The predicted octanol–water partition coefficient (Wildman–Crippen LogP) is -0.959. The van der Waals surface area contributed by atoms with Crippen LogP contribution in [0.4, 0.5) is 0 Å². The van der Waals surface area contributed by atoms with Crippen molar-refractivity contribution in [3.8, 4) is 0 Å². The Labute approximate surface area is 58.9 Å². The molecule has 3 N–H and O–H groups in total. The first-order chi connectivity index (χ1) is 4.75. The van der Waals surface area contributed by atoms with Crippen molar-refractivity contribution in [3.63, 3.8) is 0 Å². The molecule has 0 aromatic heterocycles. The lowest BCUT2D eigenvalue weighted by molar-refractivity contribution is -0.140. The summed E-state index contributed by atoms with van der Waals surface area (Å²) in [6, 6.07) is -0.537. The molecule has 4 nitrogen and oxygen atoms in total. The zero-order chi connectivity index (χ0) is 7.56. The van der Waals surface area contributed by atoms with Crippen molar-refractivity contribution < 1.29 is 15.0 Å². The number of aliphatic hydroxyl groups excluding tert-OH is 1. The summed E-state index contributed by atoms with van der Waals surface area (Å²) in [6.07, 6.45) is 0.757. The van der Waals surface area contributed by atoms with Crippen LogP contribution >= 0.6 is 0 Å². The zero-order valence-electron chi connectivity index (χ0n) is 5.58. The minimum atomic E-state index is -0.864. The van der Waals surface area contributed by atoms with Gasteiger partial charge >= 0.3 is 5.97 Å². The summed E-state index contributed by atoms with van der Waals surface area (Å²) in [5.41, 5.74) is 0. The Morgan fingerprint density at radius 2 is 2.40 bits per heavy atom. The highest BCUT2D eigenvalue weighted by Gasteiger charge is 2.31. The van der Waals surface area contributed by atoms with Gasteiger partial charge in [0.25, 0.3) is 0 Å². The van der Waals surface area contributed by atoms with Gasteiger partial charge in [-0.05, 0) is 13.0 Å². The van der Waals surface area contributed by atoms with Crippen LogP contribution in [-0.2, 0) is 4.79 Å². The van der Waals surface area contributed by atoms with E-state index in [1.54, 1.807) is 0 Å². The van der Waals surface area contributed by atoms with E-state index < -0.39 is 12.0 Å². The maximum atomic E-state index is 10.4. The lowest BCUT2D eigenvalue weighted by Crippen LogP contribution is -2.36. The maximum absolute atomic E-state index is 10.4. The molecule has 0 saturated carbocycles. The fourth-order valence-electron chi connectivity index (χ4n) is 1.24. The van der Waals surface area contributed by atoms with E-state index in [1.165, 1.54) is 0 Å². The smallest absolute Gasteiger partial charge is 0.321 e. The summed E-state index contributed by atoms with van der Waals surface area (Å²) in [5, 5.41) is 20.0. The van der Waals surface area contributed by atoms with Gasteiger partial charge in [-0.3, -0.25) is 4.79 Å². The van der Waals surface area contributed by atoms with Gasteiger partial charge in [-0.2, -0.15) is 0 Å². The molecule has 2 atom stereocenters. The lowest BCUT2D eigenvalue weighted by atomic mass is 10.0. The van der Waals surface area contributed by atoms with Crippen LogP contribution in [0.25, 0.3) is 0 Å². The summed E-state index contributed by atoms with van der Waals surface area (Å²) < 4.78 is 0. The summed E-state index contributed by atoms with van der Waals surface area (Å²) in [6.45, 7) is 0.659. The average Bonchev–Trinajstić information content (AvgIpc) is 2.33. The highest BCUT2D eigenvalue weighted by Crippen LogP contribution is 2.14. The monoisotopic (exact) mass is 145 g/mol. The topological polar surface area (TPSA) is 69.6 Å². The van der Waals surface area contributed by atoms with Gasteiger partial charge in [-0.1, -0.05) is 0 Å². The molecule has 0 radical (unpaired) electrons. The molecule has 0 aromatic rings. The van der Waals surface area contributed by atoms with Gasteiger partial charge in [0.05, 0.1) is 0 Å². The van der Waals surface area contributed by atoms with Crippen LogP contribution in [-0.4, -0.2) is 35.4 Å². The number of carboxylic acids is 1. The number of carbonyl (C=O) groups is 1. The molecule has 1 heterocycles. The summed E-state index contributed by atoms with van der Waals surface area (Å²) in [7, 11) is 0. The maximum Gasteiger partial charge on any atom is 0.321 e. The second-order valence-electron chi connectivity index (χ2n) is 2.50. The molecule has 0 amide bonds. The second-order valence-corrected chi connectivity index (χ2v) is 2.50. The van der Waals surface area contributed by atoms with Crippen molar-refractivity contribution >= 4 is 5.97 Å². The fraction of sp³-hybridized carbons (Fsp3) is 0.833. The molecule has 1 aliphatic heterocycles. The Morgan fingerprint density at radius 3 is 2.80 bits per heavy atom. The van der Waals surface area contributed by atoms with E-state index in [0.717, 1.165) is 6.42 Å². The molecule has 1 saturated heterocycles. The predicted molar refractivity (Wildman–Crippen MR) is 34.6 cm³/mol. The van der Waals surface area contributed by atoms with Crippen molar-refractivity contribution in [2.45, 2.75) is 12.5 Å². The van der Waals surface area contributed by atoms with E-state index in [1.807, 2.05) is 0 Å². The molecule has 4 heteroatoms.